The van der Waals surface area contributed by atoms with Crippen molar-refractivity contribution in [2.75, 3.05) is 32.1 Å². The van der Waals surface area contributed by atoms with Crippen LogP contribution in [0.1, 0.15) is 35.7 Å². The lowest BCUT2D eigenvalue weighted by atomic mass is 10.1. The van der Waals surface area contributed by atoms with Crippen molar-refractivity contribution in [3.63, 3.8) is 0 Å². The molecule has 0 radical (unpaired) electrons. The van der Waals surface area contributed by atoms with Crippen molar-refractivity contribution in [2.24, 2.45) is 0 Å². The molecule has 1 heterocycles. The summed E-state index contributed by atoms with van der Waals surface area (Å²) in [6.45, 7) is 3.17. The molecule has 0 aliphatic carbocycles. The number of carbonyl (C=O) groups is 2. The Labute approximate surface area is 171 Å². The van der Waals surface area contributed by atoms with Gasteiger partial charge in [0.05, 0.1) is 18.2 Å². The SMILES string of the molecule is CCc1ccccc1NC(=O)CN(C)C(=O)c1ccccc1OCC1CCCO1. The summed E-state index contributed by atoms with van der Waals surface area (Å²) in [5.41, 5.74) is 2.28. The van der Waals surface area contributed by atoms with Gasteiger partial charge in [0.1, 0.15) is 12.4 Å². The first-order valence-electron chi connectivity index (χ1n) is 10.0. The molecular weight excluding hydrogens is 368 g/mol. The number of benzene rings is 2. The van der Waals surface area contributed by atoms with E-state index in [1.54, 1.807) is 25.2 Å². The molecule has 1 saturated heterocycles. The van der Waals surface area contributed by atoms with Crippen LogP contribution in [0.3, 0.4) is 0 Å². The molecule has 2 amide bonds. The number of carbonyl (C=O) groups excluding carboxylic acids is 2. The smallest absolute Gasteiger partial charge is 0.257 e. The summed E-state index contributed by atoms with van der Waals surface area (Å²) >= 11 is 0. The van der Waals surface area contributed by atoms with Crippen LogP contribution in [-0.2, 0) is 16.0 Å². The average molecular weight is 396 g/mol. The molecule has 2 aromatic carbocycles. The minimum atomic E-state index is -0.258. The maximum atomic E-state index is 12.9. The summed E-state index contributed by atoms with van der Waals surface area (Å²) in [4.78, 5) is 26.8. The molecule has 6 heteroatoms. The molecule has 1 unspecified atom stereocenters. The Bertz CT molecular complexity index is 846. The normalized spacial score (nSPS) is 15.7. The molecule has 29 heavy (non-hydrogen) atoms. The van der Waals surface area contributed by atoms with Crippen LogP contribution in [-0.4, -0.2) is 49.6 Å². The van der Waals surface area contributed by atoms with Crippen LogP contribution in [0.4, 0.5) is 5.69 Å². The van der Waals surface area contributed by atoms with Crippen LogP contribution in [0.2, 0.25) is 0 Å². The highest BCUT2D eigenvalue weighted by molar-refractivity contribution is 6.00. The number of rotatable bonds is 8. The molecule has 3 rings (SSSR count). The van der Waals surface area contributed by atoms with E-state index < -0.39 is 0 Å². The molecule has 0 spiro atoms. The lowest BCUT2D eigenvalue weighted by Gasteiger charge is -2.20. The Balaban J connectivity index is 1.61. The molecule has 154 valence electrons. The molecule has 1 aliphatic heterocycles. The fourth-order valence-corrected chi connectivity index (χ4v) is 3.36. The van der Waals surface area contributed by atoms with Gasteiger partial charge in [-0.05, 0) is 43.0 Å². The fraction of sp³-hybridized carbons (Fsp3) is 0.391. The monoisotopic (exact) mass is 396 g/mol. The van der Waals surface area contributed by atoms with E-state index in [1.165, 1.54) is 4.90 Å². The van der Waals surface area contributed by atoms with Crippen LogP contribution >= 0.6 is 0 Å². The molecule has 1 aliphatic rings. The number of amides is 2. The van der Waals surface area contributed by atoms with Crippen molar-refractivity contribution >= 4 is 17.5 Å². The first-order valence-corrected chi connectivity index (χ1v) is 10.0. The van der Waals surface area contributed by atoms with Gasteiger partial charge in [0, 0.05) is 19.3 Å². The molecule has 0 aromatic heterocycles. The third kappa shape index (κ3) is 5.57. The van der Waals surface area contributed by atoms with Crippen molar-refractivity contribution in [2.45, 2.75) is 32.3 Å². The molecule has 0 bridgehead atoms. The second-order valence-corrected chi connectivity index (χ2v) is 7.16. The van der Waals surface area contributed by atoms with E-state index in [2.05, 4.69) is 5.32 Å². The van der Waals surface area contributed by atoms with Gasteiger partial charge in [0.15, 0.2) is 0 Å². The lowest BCUT2D eigenvalue weighted by molar-refractivity contribution is -0.116. The standard InChI is InChI=1S/C23H28N2O4/c1-3-17-9-4-6-12-20(17)24-22(26)15-25(2)23(27)19-11-5-7-13-21(19)29-16-18-10-8-14-28-18/h4-7,9,11-13,18H,3,8,10,14-16H2,1-2H3,(H,24,26). The van der Waals surface area contributed by atoms with E-state index in [4.69, 9.17) is 9.47 Å². The number of aryl methyl sites for hydroxylation is 1. The Morgan fingerprint density at radius 1 is 1.17 bits per heavy atom. The quantitative estimate of drug-likeness (QED) is 0.741. The maximum absolute atomic E-state index is 12.9. The van der Waals surface area contributed by atoms with Crippen LogP contribution in [0.5, 0.6) is 5.75 Å². The Kier molecular flexibility index (Phi) is 7.25. The first-order chi connectivity index (χ1) is 14.1. The number of ether oxygens (including phenoxy) is 2. The van der Waals surface area contributed by atoms with E-state index in [0.29, 0.717) is 17.9 Å². The topological polar surface area (TPSA) is 67.9 Å². The predicted molar refractivity (Wildman–Crippen MR) is 112 cm³/mol. The predicted octanol–water partition coefficient (Wildman–Crippen LogP) is 3.52. The molecule has 1 fully saturated rings. The maximum Gasteiger partial charge on any atom is 0.257 e. The summed E-state index contributed by atoms with van der Waals surface area (Å²) < 4.78 is 11.4. The summed E-state index contributed by atoms with van der Waals surface area (Å²) in [6.07, 6.45) is 2.89. The largest absolute Gasteiger partial charge is 0.490 e. The summed E-state index contributed by atoms with van der Waals surface area (Å²) in [6, 6.07) is 14.8. The Hall–Kier alpha value is -2.86. The van der Waals surface area contributed by atoms with Gasteiger partial charge in [-0.25, -0.2) is 0 Å². The Morgan fingerprint density at radius 2 is 1.93 bits per heavy atom. The van der Waals surface area contributed by atoms with Gasteiger partial charge in [0.2, 0.25) is 5.91 Å². The number of nitrogens with zero attached hydrogens (tertiary/aromatic N) is 1. The minimum absolute atomic E-state index is 0.0447. The molecular formula is C23H28N2O4. The number of nitrogens with one attached hydrogen (secondary N) is 1. The van der Waals surface area contributed by atoms with Gasteiger partial charge in [-0.15, -0.1) is 0 Å². The molecule has 1 N–H and O–H groups in total. The Morgan fingerprint density at radius 3 is 2.69 bits per heavy atom. The molecule has 0 saturated carbocycles. The van der Waals surface area contributed by atoms with Crippen molar-refractivity contribution in [3.8, 4) is 5.75 Å². The van der Waals surface area contributed by atoms with E-state index in [-0.39, 0.29) is 24.5 Å². The molecule has 6 nitrogen and oxygen atoms in total. The second-order valence-electron chi connectivity index (χ2n) is 7.16. The van der Waals surface area contributed by atoms with Crippen LogP contribution in [0.25, 0.3) is 0 Å². The van der Waals surface area contributed by atoms with Gasteiger partial charge >= 0.3 is 0 Å². The molecule has 2 aromatic rings. The first kappa shape index (κ1) is 20.9. The van der Waals surface area contributed by atoms with Crippen molar-refractivity contribution < 1.29 is 19.1 Å². The lowest BCUT2D eigenvalue weighted by Crippen LogP contribution is -2.35. The van der Waals surface area contributed by atoms with E-state index in [0.717, 1.165) is 37.1 Å². The van der Waals surface area contributed by atoms with Crippen molar-refractivity contribution in [3.05, 3.63) is 59.7 Å². The van der Waals surface area contributed by atoms with Crippen molar-refractivity contribution in [1.82, 2.24) is 4.90 Å². The van der Waals surface area contributed by atoms with Crippen LogP contribution in [0.15, 0.2) is 48.5 Å². The van der Waals surface area contributed by atoms with Crippen molar-refractivity contribution in [1.29, 1.82) is 0 Å². The number of hydrogen-bond donors (Lipinski definition) is 1. The number of anilines is 1. The zero-order chi connectivity index (χ0) is 20.6. The van der Waals surface area contributed by atoms with Crippen LogP contribution in [0, 0.1) is 0 Å². The highest BCUT2D eigenvalue weighted by Gasteiger charge is 2.21. The van der Waals surface area contributed by atoms with Gasteiger partial charge in [-0.2, -0.15) is 0 Å². The second kappa shape index (κ2) is 10.1. The number of hydrogen-bond acceptors (Lipinski definition) is 4. The zero-order valence-corrected chi connectivity index (χ0v) is 17.0. The highest BCUT2D eigenvalue weighted by Crippen LogP contribution is 2.22. The third-order valence-corrected chi connectivity index (χ3v) is 4.97. The number of para-hydroxylation sites is 2. The van der Waals surface area contributed by atoms with Gasteiger partial charge in [-0.1, -0.05) is 37.3 Å². The summed E-state index contributed by atoms with van der Waals surface area (Å²) in [7, 11) is 1.62. The zero-order valence-electron chi connectivity index (χ0n) is 17.0. The van der Waals surface area contributed by atoms with Gasteiger partial charge in [0.25, 0.3) is 5.91 Å². The van der Waals surface area contributed by atoms with Gasteiger partial charge in [-0.3, -0.25) is 9.59 Å². The van der Waals surface area contributed by atoms with E-state index in [1.807, 2.05) is 37.3 Å². The highest BCUT2D eigenvalue weighted by atomic mass is 16.5. The van der Waals surface area contributed by atoms with E-state index in [9.17, 15) is 9.59 Å². The summed E-state index contributed by atoms with van der Waals surface area (Å²) in [5.74, 6) is 0.0166. The van der Waals surface area contributed by atoms with Gasteiger partial charge < -0.3 is 19.7 Å². The summed E-state index contributed by atoms with van der Waals surface area (Å²) in [5, 5.41) is 2.89. The molecule has 1 atom stereocenters. The average Bonchev–Trinajstić information content (AvgIpc) is 3.26. The van der Waals surface area contributed by atoms with E-state index >= 15 is 0 Å². The van der Waals surface area contributed by atoms with Crippen LogP contribution < -0.4 is 10.1 Å². The fourth-order valence-electron chi connectivity index (χ4n) is 3.36. The number of likely N-dealkylation sites (N-methyl/N-ethyl adjacent to an activating group) is 1. The minimum Gasteiger partial charge on any atom is -0.490 e. The third-order valence-electron chi connectivity index (χ3n) is 4.97.